The van der Waals surface area contributed by atoms with Gasteiger partial charge in [-0.15, -0.1) is 0 Å². The van der Waals surface area contributed by atoms with E-state index < -0.39 is 34.5 Å². The number of nitrogens with zero attached hydrogens (tertiary/aromatic N) is 4. The number of aliphatic hydroxyl groups excluding tert-OH is 1. The largest absolute Gasteiger partial charge is 0.392 e. The highest BCUT2D eigenvalue weighted by Crippen LogP contribution is 2.44. The number of sulfonamides is 1. The number of halogens is 4. The SMILES string of the molecule is C[C@@H](O)CNc1nccc(-c2sc(N3CCOCC3)nc2-c2cccc(NS(=O)(=O)CCC(F)(F)F)c2Cl)n1. The smallest absolute Gasteiger partial charge is 0.390 e. The zero-order chi connectivity index (χ0) is 28.2. The Bertz CT molecular complexity index is 1400. The van der Waals surface area contributed by atoms with Crippen molar-refractivity contribution in [2.24, 2.45) is 0 Å². The summed E-state index contributed by atoms with van der Waals surface area (Å²) in [5.74, 6) is -0.846. The van der Waals surface area contributed by atoms with Gasteiger partial charge >= 0.3 is 6.18 Å². The molecule has 1 aliphatic rings. The van der Waals surface area contributed by atoms with Crippen molar-refractivity contribution in [2.75, 3.05) is 53.5 Å². The minimum atomic E-state index is -4.62. The average molecular weight is 607 g/mol. The second-order valence-electron chi connectivity index (χ2n) is 8.72. The highest BCUT2D eigenvalue weighted by molar-refractivity contribution is 7.92. The Morgan fingerprint density at radius 3 is 2.67 bits per heavy atom. The van der Waals surface area contributed by atoms with E-state index in [0.29, 0.717) is 53.3 Å². The van der Waals surface area contributed by atoms with Gasteiger partial charge in [-0.25, -0.2) is 23.4 Å². The molecule has 0 unspecified atom stereocenters. The number of nitrogens with one attached hydrogen (secondary N) is 2. The van der Waals surface area contributed by atoms with Crippen molar-refractivity contribution in [3.8, 4) is 21.8 Å². The molecule has 0 saturated carbocycles. The zero-order valence-electron chi connectivity index (χ0n) is 20.7. The molecular formula is C23H26ClF3N6O4S2. The van der Waals surface area contributed by atoms with E-state index in [2.05, 4.69) is 20.0 Å². The van der Waals surface area contributed by atoms with E-state index in [1.54, 1.807) is 25.3 Å². The van der Waals surface area contributed by atoms with Crippen LogP contribution in [0.5, 0.6) is 0 Å². The Morgan fingerprint density at radius 1 is 1.23 bits per heavy atom. The van der Waals surface area contributed by atoms with Crippen molar-refractivity contribution in [1.29, 1.82) is 0 Å². The zero-order valence-corrected chi connectivity index (χ0v) is 23.1. The van der Waals surface area contributed by atoms with Crippen LogP contribution in [0.2, 0.25) is 5.02 Å². The predicted molar refractivity (Wildman–Crippen MR) is 145 cm³/mol. The van der Waals surface area contributed by atoms with Crippen LogP contribution in [0.25, 0.3) is 21.8 Å². The number of alkyl halides is 3. The first-order chi connectivity index (χ1) is 18.4. The number of aromatic nitrogens is 3. The maximum Gasteiger partial charge on any atom is 0.390 e. The molecule has 3 aromatic rings. The van der Waals surface area contributed by atoms with Crippen LogP contribution in [-0.2, 0) is 14.8 Å². The number of hydrogen-bond donors (Lipinski definition) is 3. The summed E-state index contributed by atoms with van der Waals surface area (Å²) >= 11 is 7.97. The summed E-state index contributed by atoms with van der Waals surface area (Å²) in [6.07, 6.45) is -5.17. The molecule has 2 aromatic heterocycles. The molecule has 10 nitrogen and oxygen atoms in total. The lowest BCUT2D eigenvalue weighted by Gasteiger charge is -2.26. The van der Waals surface area contributed by atoms with Gasteiger partial charge in [0.2, 0.25) is 16.0 Å². The first-order valence-electron chi connectivity index (χ1n) is 11.9. The second kappa shape index (κ2) is 12.2. The lowest BCUT2D eigenvalue weighted by Crippen LogP contribution is -2.36. The minimum Gasteiger partial charge on any atom is -0.392 e. The lowest BCUT2D eigenvalue weighted by molar-refractivity contribution is -0.129. The van der Waals surface area contributed by atoms with Crippen LogP contribution >= 0.6 is 22.9 Å². The van der Waals surface area contributed by atoms with Crippen molar-refractivity contribution in [2.45, 2.75) is 25.6 Å². The molecule has 39 heavy (non-hydrogen) atoms. The number of anilines is 3. The van der Waals surface area contributed by atoms with Crippen LogP contribution in [0.3, 0.4) is 0 Å². The number of ether oxygens (including phenoxy) is 1. The van der Waals surface area contributed by atoms with Gasteiger partial charge in [0.1, 0.15) is 0 Å². The summed E-state index contributed by atoms with van der Waals surface area (Å²) in [5.41, 5.74) is 1.24. The Kier molecular flexibility index (Phi) is 9.16. The third kappa shape index (κ3) is 7.91. The minimum absolute atomic E-state index is 0.0188. The van der Waals surface area contributed by atoms with Crippen LogP contribution in [-0.4, -0.2) is 79.4 Å². The van der Waals surface area contributed by atoms with E-state index in [0.717, 1.165) is 0 Å². The maximum absolute atomic E-state index is 12.6. The van der Waals surface area contributed by atoms with Gasteiger partial charge in [-0.1, -0.05) is 35.1 Å². The summed E-state index contributed by atoms with van der Waals surface area (Å²) in [4.78, 5) is 16.2. The van der Waals surface area contributed by atoms with E-state index in [-0.39, 0.29) is 23.2 Å². The Balaban J connectivity index is 1.73. The molecule has 1 aliphatic heterocycles. The van der Waals surface area contributed by atoms with Crippen LogP contribution in [0, 0.1) is 0 Å². The topological polar surface area (TPSA) is 130 Å². The monoisotopic (exact) mass is 606 g/mol. The molecule has 1 saturated heterocycles. The van der Waals surface area contributed by atoms with Crippen molar-refractivity contribution >= 4 is 49.7 Å². The summed E-state index contributed by atoms with van der Waals surface area (Å²) in [7, 11) is -4.33. The summed E-state index contributed by atoms with van der Waals surface area (Å²) in [5, 5.41) is 13.2. The number of thiazole rings is 1. The van der Waals surface area contributed by atoms with Crippen LogP contribution in [0.4, 0.5) is 29.9 Å². The van der Waals surface area contributed by atoms with E-state index >= 15 is 0 Å². The van der Waals surface area contributed by atoms with E-state index in [4.69, 9.17) is 21.3 Å². The van der Waals surface area contributed by atoms with Gasteiger partial charge in [0.15, 0.2) is 5.13 Å². The van der Waals surface area contributed by atoms with E-state index in [1.165, 1.54) is 23.5 Å². The Hall–Kier alpha value is -2.72. The average Bonchev–Trinajstić information content (AvgIpc) is 3.33. The van der Waals surface area contributed by atoms with Crippen LogP contribution in [0.1, 0.15) is 13.3 Å². The van der Waals surface area contributed by atoms with Crippen molar-refractivity contribution in [3.05, 3.63) is 35.5 Å². The fourth-order valence-corrected chi connectivity index (χ4v) is 6.15. The molecule has 3 N–H and O–H groups in total. The van der Waals surface area contributed by atoms with Crippen molar-refractivity contribution < 1.29 is 31.4 Å². The van der Waals surface area contributed by atoms with Gasteiger partial charge < -0.3 is 20.1 Å². The lowest BCUT2D eigenvalue weighted by atomic mass is 10.1. The molecule has 0 aliphatic carbocycles. The van der Waals surface area contributed by atoms with Crippen molar-refractivity contribution in [1.82, 2.24) is 15.0 Å². The molecule has 0 radical (unpaired) electrons. The first kappa shape index (κ1) is 29.3. The standard InChI is InChI=1S/C23H26ClF3N6O4S2/c1-14(34)13-29-21-28-7-5-17(30-21)20-19(31-22(38-20)33-8-10-37-11-9-33)15-3-2-4-16(18(15)24)32-39(35,36)12-6-23(25,26)27/h2-5,7,14,32,34H,6,8-13H2,1H3,(H,28,29,30)/t14-/m1/s1. The third-order valence-electron chi connectivity index (χ3n) is 5.51. The highest BCUT2D eigenvalue weighted by atomic mass is 35.5. The molecule has 0 amide bonds. The molecule has 1 atom stereocenters. The summed E-state index contributed by atoms with van der Waals surface area (Å²) < 4.78 is 70.1. The fraction of sp³-hybridized carbons (Fsp3) is 0.435. The summed E-state index contributed by atoms with van der Waals surface area (Å²) in [6.45, 7) is 4.15. The second-order valence-corrected chi connectivity index (χ2v) is 11.9. The Morgan fingerprint density at radius 2 is 1.97 bits per heavy atom. The number of aliphatic hydroxyl groups is 1. The van der Waals surface area contributed by atoms with Crippen LogP contribution < -0.4 is 14.9 Å². The molecule has 16 heteroatoms. The highest BCUT2D eigenvalue weighted by Gasteiger charge is 2.30. The number of rotatable bonds is 10. The van der Waals surface area contributed by atoms with E-state index in [1.807, 2.05) is 4.90 Å². The number of benzene rings is 1. The molecule has 3 heterocycles. The number of hydrogen-bond acceptors (Lipinski definition) is 10. The quantitative estimate of drug-likeness (QED) is 0.310. The molecule has 0 spiro atoms. The van der Waals surface area contributed by atoms with Gasteiger partial charge in [-0.2, -0.15) is 13.2 Å². The normalized spacial score (nSPS) is 15.3. The van der Waals surface area contributed by atoms with Gasteiger partial charge in [0.05, 0.1) is 58.5 Å². The van der Waals surface area contributed by atoms with Gasteiger partial charge in [-0.3, -0.25) is 4.72 Å². The molecule has 4 rings (SSSR count). The Labute approximate surface area is 232 Å². The van der Waals surface area contributed by atoms with Gasteiger partial charge in [-0.05, 0) is 19.1 Å². The molecule has 1 fully saturated rings. The fourth-order valence-electron chi connectivity index (χ4n) is 3.63. The van der Waals surface area contributed by atoms with E-state index in [9.17, 15) is 26.7 Å². The summed E-state index contributed by atoms with van der Waals surface area (Å²) in [6, 6.07) is 6.24. The molecule has 212 valence electrons. The van der Waals surface area contributed by atoms with Crippen LogP contribution in [0.15, 0.2) is 30.5 Å². The molecule has 0 bridgehead atoms. The number of morpholine rings is 1. The molecular weight excluding hydrogens is 581 g/mol. The maximum atomic E-state index is 12.6. The first-order valence-corrected chi connectivity index (χ1v) is 14.7. The van der Waals surface area contributed by atoms with Gasteiger partial charge in [0.25, 0.3) is 0 Å². The third-order valence-corrected chi connectivity index (χ3v) is 8.33. The van der Waals surface area contributed by atoms with Gasteiger partial charge in [0, 0.05) is 31.4 Å². The predicted octanol–water partition coefficient (Wildman–Crippen LogP) is 4.24. The molecule has 1 aromatic carbocycles. The van der Waals surface area contributed by atoms with Crippen molar-refractivity contribution in [3.63, 3.8) is 0 Å².